The zero-order chi connectivity index (χ0) is 17.5. The van der Waals surface area contributed by atoms with Crippen LogP contribution in [0.15, 0.2) is 54.6 Å². The van der Waals surface area contributed by atoms with Gasteiger partial charge in [0.05, 0.1) is 11.6 Å². The molecule has 0 radical (unpaired) electrons. The first-order valence-corrected chi connectivity index (χ1v) is 8.08. The monoisotopic (exact) mass is 325 g/mol. The average molecular weight is 325 g/mol. The van der Waals surface area contributed by atoms with E-state index < -0.39 is 5.97 Å². The van der Waals surface area contributed by atoms with E-state index in [-0.39, 0.29) is 18.6 Å². The molecule has 1 amide bonds. The molecular formula is C20H23NO3. The number of nitrogens with one attached hydrogen (secondary N) is 1. The van der Waals surface area contributed by atoms with Gasteiger partial charge in [0.2, 0.25) is 0 Å². The van der Waals surface area contributed by atoms with Gasteiger partial charge >= 0.3 is 5.97 Å². The predicted octanol–water partition coefficient (Wildman–Crippen LogP) is 3.84. The number of benzene rings is 2. The van der Waals surface area contributed by atoms with Crippen molar-refractivity contribution in [2.24, 2.45) is 0 Å². The molecule has 1 atom stereocenters. The van der Waals surface area contributed by atoms with E-state index in [0.29, 0.717) is 11.5 Å². The van der Waals surface area contributed by atoms with Gasteiger partial charge in [-0.2, -0.15) is 0 Å². The van der Waals surface area contributed by atoms with Crippen LogP contribution in [0.4, 0.5) is 0 Å². The summed E-state index contributed by atoms with van der Waals surface area (Å²) in [6.45, 7) is 5.78. The largest absolute Gasteiger partial charge is 0.452 e. The van der Waals surface area contributed by atoms with Crippen LogP contribution in [0.1, 0.15) is 54.2 Å². The van der Waals surface area contributed by atoms with Crippen LogP contribution in [0.3, 0.4) is 0 Å². The second kappa shape index (κ2) is 8.29. The minimum Gasteiger partial charge on any atom is -0.452 e. The Morgan fingerprint density at radius 2 is 1.54 bits per heavy atom. The zero-order valence-electron chi connectivity index (χ0n) is 14.3. The van der Waals surface area contributed by atoms with Crippen LogP contribution in [-0.2, 0) is 9.53 Å². The summed E-state index contributed by atoms with van der Waals surface area (Å²) in [6, 6.07) is 16.7. The first-order chi connectivity index (χ1) is 11.5. The molecule has 2 rings (SSSR count). The van der Waals surface area contributed by atoms with Crippen molar-refractivity contribution in [3.8, 4) is 0 Å². The molecule has 126 valence electrons. The molecule has 0 saturated carbocycles. The fraction of sp³-hybridized carbons (Fsp3) is 0.300. The van der Waals surface area contributed by atoms with Crippen molar-refractivity contribution in [3.63, 3.8) is 0 Å². The van der Waals surface area contributed by atoms with Gasteiger partial charge in [0.25, 0.3) is 5.91 Å². The Hall–Kier alpha value is -2.62. The van der Waals surface area contributed by atoms with Gasteiger partial charge in [-0.05, 0) is 36.1 Å². The molecule has 4 nitrogen and oxygen atoms in total. The molecule has 0 saturated heterocycles. The Labute approximate surface area is 142 Å². The molecule has 0 unspecified atom stereocenters. The maximum atomic E-state index is 12.0. The SMILES string of the molecule is CC(C)c1ccc(C(=O)OCC(=O)N[C@@H](C)c2ccccc2)cc1. The maximum absolute atomic E-state index is 12.0. The summed E-state index contributed by atoms with van der Waals surface area (Å²) in [7, 11) is 0. The van der Waals surface area contributed by atoms with Gasteiger partial charge in [0.15, 0.2) is 6.61 Å². The minimum atomic E-state index is -0.493. The molecule has 4 heteroatoms. The zero-order valence-corrected chi connectivity index (χ0v) is 14.3. The van der Waals surface area contributed by atoms with Crippen LogP contribution >= 0.6 is 0 Å². The van der Waals surface area contributed by atoms with E-state index in [9.17, 15) is 9.59 Å². The lowest BCUT2D eigenvalue weighted by molar-refractivity contribution is -0.124. The molecule has 0 bridgehead atoms. The van der Waals surface area contributed by atoms with E-state index in [4.69, 9.17) is 4.74 Å². The summed E-state index contributed by atoms with van der Waals surface area (Å²) in [5, 5.41) is 2.81. The Morgan fingerprint density at radius 3 is 2.12 bits per heavy atom. The van der Waals surface area contributed by atoms with E-state index >= 15 is 0 Å². The normalized spacial score (nSPS) is 11.8. The Bertz CT molecular complexity index is 678. The number of carbonyl (C=O) groups excluding carboxylic acids is 2. The minimum absolute atomic E-state index is 0.136. The third kappa shape index (κ3) is 4.95. The van der Waals surface area contributed by atoms with Gasteiger partial charge in [0, 0.05) is 0 Å². The smallest absolute Gasteiger partial charge is 0.338 e. The molecule has 24 heavy (non-hydrogen) atoms. The van der Waals surface area contributed by atoms with E-state index in [1.54, 1.807) is 12.1 Å². The molecule has 2 aromatic rings. The number of rotatable bonds is 6. The summed E-state index contributed by atoms with van der Waals surface area (Å²) in [5.41, 5.74) is 2.60. The van der Waals surface area contributed by atoms with Crippen LogP contribution < -0.4 is 5.32 Å². The molecule has 1 N–H and O–H groups in total. The van der Waals surface area contributed by atoms with Crippen molar-refractivity contribution in [2.75, 3.05) is 6.61 Å². The predicted molar refractivity (Wildman–Crippen MR) is 93.8 cm³/mol. The Morgan fingerprint density at radius 1 is 0.917 bits per heavy atom. The second-order valence-corrected chi connectivity index (χ2v) is 6.05. The van der Waals surface area contributed by atoms with E-state index in [1.165, 1.54) is 0 Å². The highest BCUT2D eigenvalue weighted by molar-refractivity contribution is 5.91. The highest BCUT2D eigenvalue weighted by atomic mass is 16.5. The molecule has 0 fully saturated rings. The van der Waals surface area contributed by atoms with Crippen molar-refractivity contribution < 1.29 is 14.3 Å². The van der Waals surface area contributed by atoms with Gasteiger partial charge in [0.1, 0.15) is 0 Å². The van der Waals surface area contributed by atoms with Gasteiger partial charge < -0.3 is 10.1 Å². The van der Waals surface area contributed by atoms with Crippen LogP contribution in [0, 0.1) is 0 Å². The van der Waals surface area contributed by atoms with Crippen molar-refractivity contribution in [1.29, 1.82) is 0 Å². The number of ether oxygens (including phenoxy) is 1. The highest BCUT2D eigenvalue weighted by Crippen LogP contribution is 2.15. The summed E-state index contributed by atoms with van der Waals surface area (Å²) >= 11 is 0. The second-order valence-electron chi connectivity index (χ2n) is 6.05. The fourth-order valence-corrected chi connectivity index (χ4v) is 2.33. The number of carbonyl (C=O) groups is 2. The van der Waals surface area contributed by atoms with Crippen molar-refractivity contribution in [3.05, 3.63) is 71.3 Å². The molecule has 0 spiro atoms. The third-order valence-electron chi connectivity index (χ3n) is 3.82. The Kier molecular flexibility index (Phi) is 6.13. The van der Waals surface area contributed by atoms with Gasteiger partial charge in [-0.3, -0.25) is 4.79 Å². The summed E-state index contributed by atoms with van der Waals surface area (Å²) < 4.78 is 5.08. The van der Waals surface area contributed by atoms with Crippen molar-refractivity contribution >= 4 is 11.9 Å². The van der Waals surface area contributed by atoms with Crippen LogP contribution in [0.5, 0.6) is 0 Å². The van der Waals surface area contributed by atoms with E-state index in [2.05, 4.69) is 19.2 Å². The van der Waals surface area contributed by atoms with Crippen molar-refractivity contribution in [1.82, 2.24) is 5.32 Å². The van der Waals surface area contributed by atoms with Crippen LogP contribution in [-0.4, -0.2) is 18.5 Å². The maximum Gasteiger partial charge on any atom is 0.338 e. The van der Waals surface area contributed by atoms with Gasteiger partial charge in [-0.15, -0.1) is 0 Å². The number of amides is 1. The Balaban J connectivity index is 1.83. The van der Waals surface area contributed by atoms with Gasteiger partial charge in [-0.25, -0.2) is 4.79 Å². The van der Waals surface area contributed by atoms with Crippen LogP contribution in [0.2, 0.25) is 0 Å². The number of esters is 1. The van der Waals surface area contributed by atoms with E-state index in [1.807, 2.05) is 49.4 Å². The topological polar surface area (TPSA) is 55.4 Å². The standard InChI is InChI=1S/C20H23NO3/c1-14(2)16-9-11-18(12-10-16)20(23)24-13-19(22)21-15(3)17-7-5-4-6-8-17/h4-12,14-15H,13H2,1-3H3,(H,21,22)/t15-/m0/s1. The lowest BCUT2D eigenvalue weighted by atomic mass is 10.0. The van der Waals surface area contributed by atoms with Crippen molar-refractivity contribution in [2.45, 2.75) is 32.7 Å². The first kappa shape index (κ1) is 17.7. The summed E-state index contributed by atoms with van der Waals surface area (Å²) in [5.74, 6) is -0.411. The quantitative estimate of drug-likeness (QED) is 0.821. The number of hydrogen-bond acceptors (Lipinski definition) is 3. The average Bonchev–Trinajstić information content (AvgIpc) is 2.60. The first-order valence-electron chi connectivity index (χ1n) is 8.08. The third-order valence-corrected chi connectivity index (χ3v) is 3.82. The lowest BCUT2D eigenvalue weighted by Gasteiger charge is -2.14. The van der Waals surface area contributed by atoms with E-state index in [0.717, 1.165) is 11.1 Å². The molecule has 0 aliphatic carbocycles. The fourth-order valence-electron chi connectivity index (χ4n) is 2.33. The highest BCUT2D eigenvalue weighted by Gasteiger charge is 2.13. The van der Waals surface area contributed by atoms with Gasteiger partial charge in [-0.1, -0.05) is 56.3 Å². The molecule has 0 aliphatic heterocycles. The molecule has 0 aliphatic rings. The lowest BCUT2D eigenvalue weighted by Crippen LogP contribution is -2.31. The molecular weight excluding hydrogens is 302 g/mol. The number of hydrogen-bond donors (Lipinski definition) is 1. The van der Waals surface area contributed by atoms with Crippen LogP contribution in [0.25, 0.3) is 0 Å². The summed E-state index contributed by atoms with van der Waals surface area (Å²) in [6.07, 6.45) is 0. The molecule has 2 aromatic carbocycles. The molecule has 0 aromatic heterocycles. The summed E-state index contributed by atoms with van der Waals surface area (Å²) in [4.78, 5) is 23.9. The molecule has 0 heterocycles.